The van der Waals surface area contributed by atoms with Crippen LogP contribution in [-0.2, 0) is 17.5 Å². The van der Waals surface area contributed by atoms with Gasteiger partial charge in [-0.2, -0.15) is 31.4 Å². The number of aliphatic hydroxyl groups excluding tert-OH is 1. The zero-order chi connectivity index (χ0) is 25.4. The van der Waals surface area contributed by atoms with Crippen LogP contribution in [0.1, 0.15) is 23.0 Å². The van der Waals surface area contributed by atoms with Gasteiger partial charge < -0.3 is 14.4 Å². The first-order chi connectivity index (χ1) is 15.8. The van der Waals surface area contributed by atoms with Gasteiger partial charge in [0.15, 0.2) is 17.6 Å². The number of hydrogen-bond donors (Lipinski definition) is 1. The number of aromatic nitrogens is 3. The van der Waals surface area contributed by atoms with E-state index in [1.807, 2.05) is 0 Å². The second-order valence-corrected chi connectivity index (χ2v) is 7.10. The molecule has 2 aromatic heterocycles. The highest BCUT2D eigenvalue weighted by molar-refractivity contribution is 6.33. The number of aliphatic hydroxyl groups is 1. The van der Waals surface area contributed by atoms with Crippen LogP contribution in [0.4, 0.5) is 30.7 Å². The summed E-state index contributed by atoms with van der Waals surface area (Å²) in [6.45, 7) is -0.456. The van der Waals surface area contributed by atoms with Gasteiger partial charge in [-0.15, -0.1) is 0 Å². The lowest BCUT2D eigenvalue weighted by atomic mass is 10.0. The fraction of sp³-hybridized carbons (Fsp3) is 0.316. The molecule has 0 aliphatic rings. The number of halogens is 8. The van der Waals surface area contributed by atoms with Gasteiger partial charge in [-0.1, -0.05) is 22.8 Å². The van der Waals surface area contributed by atoms with Gasteiger partial charge >= 0.3 is 18.3 Å². The number of benzene rings is 1. The first-order valence-electron chi connectivity index (χ1n) is 9.26. The molecule has 0 radical (unpaired) electrons. The highest BCUT2D eigenvalue weighted by Gasteiger charge is 2.45. The largest absolute Gasteiger partial charge is 0.462 e. The van der Waals surface area contributed by atoms with Crippen molar-refractivity contribution in [2.45, 2.75) is 31.9 Å². The van der Waals surface area contributed by atoms with Crippen molar-refractivity contribution in [2.75, 3.05) is 6.61 Å². The fourth-order valence-electron chi connectivity index (χ4n) is 3.02. The summed E-state index contributed by atoms with van der Waals surface area (Å²) in [7, 11) is 0. The van der Waals surface area contributed by atoms with Crippen molar-refractivity contribution in [1.82, 2.24) is 14.9 Å². The van der Waals surface area contributed by atoms with Crippen LogP contribution in [0.3, 0.4) is 0 Å². The van der Waals surface area contributed by atoms with E-state index in [1.54, 1.807) is 0 Å². The highest BCUT2D eigenvalue weighted by atomic mass is 35.5. The lowest BCUT2D eigenvalue weighted by molar-refractivity contribution is -0.209. The fourth-order valence-corrected chi connectivity index (χ4v) is 3.27. The van der Waals surface area contributed by atoms with E-state index < -0.39 is 70.6 Å². The van der Waals surface area contributed by atoms with Crippen LogP contribution in [0.2, 0.25) is 5.02 Å². The maximum absolute atomic E-state index is 14.5. The highest BCUT2D eigenvalue weighted by Crippen LogP contribution is 2.42. The average Bonchev–Trinajstić information content (AvgIpc) is 3.31. The molecule has 34 heavy (non-hydrogen) atoms. The number of rotatable bonds is 6. The van der Waals surface area contributed by atoms with Crippen molar-refractivity contribution in [3.05, 3.63) is 46.5 Å². The summed E-state index contributed by atoms with van der Waals surface area (Å²) in [4.78, 5) is 12.6. The van der Waals surface area contributed by atoms with Crippen molar-refractivity contribution >= 4 is 17.6 Å². The lowest BCUT2D eigenvalue weighted by Gasteiger charge is -2.17. The third kappa shape index (κ3) is 4.87. The molecular formula is C19H13ClF7N3O4. The Kier molecular flexibility index (Phi) is 6.94. The minimum Gasteiger partial charge on any atom is -0.462 e. The second kappa shape index (κ2) is 9.25. The van der Waals surface area contributed by atoms with Gasteiger partial charge in [-0.25, -0.2) is 9.18 Å². The van der Waals surface area contributed by atoms with Crippen molar-refractivity contribution in [2.24, 2.45) is 0 Å². The van der Waals surface area contributed by atoms with Gasteiger partial charge in [0.1, 0.15) is 17.1 Å². The van der Waals surface area contributed by atoms with Crippen molar-refractivity contribution in [1.29, 1.82) is 0 Å². The Labute approximate surface area is 190 Å². The van der Waals surface area contributed by atoms with E-state index in [2.05, 4.69) is 10.3 Å². The topological polar surface area (TPSA) is 90.4 Å². The zero-order valence-corrected chi connectivity index (χ0v) is 17.6. The van der Waals surface area contributed by atoms with Crippen LogP contribution in [0.5, 0.6) is 0 Å². The summed E-state index contributed by atoms with van der Waals surface area (Å²) in [5.74, 6) is -3.14. The molecule has 2 heterocycles. The van der Waals surface area contributed by atoms with E-state index in [1.165, 1.54) is 19.1 Å². The van der Waals surface area contributed by atoms with E-state index >= 15 is 0 Å². The van der Waals surface area contributed by atoms with Crippen LogP contribution >= 0.6 is 11.6 Å². The molecule has 15 heteroatoms. The Morgan fingerprint density at radius 2 is 1.94 bits per heavy atom. The van der Waals surface area contributed by atoms with Crippen LogP contribution in [0.15, 0.2) is 28.9 Å². The van der Waals surface area contributed by atoms with Crippen LogP contribution < -0.4 is 0 Å². The number of carbonyl (C=O) groups excluding carboxylic acids is 1. The zero-order valence-electron chi connectivity index (χ0n) is 16.8. The first kappa shape index (κ1) is 25.5. The monoisotopic (exact) mass is 515 g/mol. The quantitative estimate of drug-likeness (QED) is 0.362. The first-order valence-corrected chi connectivity index (χ1v) is 9.64. The van der Waals surface area contributed by atoms with Crippen LogP contribution in [0, 0.1) is 5.82 Å². The Hall–Kier alpha value is -3.13. The third-order valence-electron chi connectivity index (χ3n) is 4.45. The summed E-state index contributed by atoms with van der Waals surface area (Å²) in [6.07, 6.45) is -13.2. The number of esters is 1. The van der Waals surface area contributed by atoms with Crippen molar-refractivity contribution in [3.63, 3.8) is 0 Å². The van der Waals surface area contributed by atoms with E-state index in [-0.39, 0.29) is 16.3 Å². The molecule has 1 unspecified atom stereocenters. The predicted molar refractivity (Wildman–Crippen MR) is 101 cm³/mol. The average molecular weight is 516 g/mol. The third-order valence-corrected chi connectivity index (χ3v) is 4.76. The van der Waals surface area contributed by atoms with E-state index in [0.717, 1.165) is 6.07 Å². The van der Waals surface area contributed by atoms with Crippen LogP contribution in [-0.4, -0.2) is 44.9 Å². The summed E-state index contributed by atoms with van der Waals surface area (Å²) < 4.78 is 104. The van der Waals surface area contributed by atoms with Gasteiger partial charge in [-0.3, -0.25) is 4.68 Å². The number of carbonyl (C=O) groups is 1. The summed E-state index contributed by atoms with van der Waals surface area (Å²) in [5.41, 5.74) is -4.58. The van der Waals surface area contributed by atoms with E-state index in [0.29, 0.717) is 6.20 Å². The Balaban J connectivity index is 2.26. The predicted octanol–water partition coefficient (Wildman–Crippen LogP) is 5.12. The maximum Gasteiger partial charge on any atom is 0.433 e. The Bertz CT molecular complexity index is 1180. The number of ether oxygens (including phenoxy) is 1. The van der Waals surface area contributed by atoms with Gasteiger partial charge in [0.2, 0.25) is 0 Å². The molecule has 184 valence electrons. The second-order valence-electron chi connectivity index (χ2n) is 6.70. The molecule has 3 aromatic rings. The molecular weight excluding hydrogens is 503 g/mol. The molecule has 0 amide bonds. The minimum absolute atomic E-state index is 0.138. The number of nitrogens with zero attached hydrogens (tertiary/aromatic N) is 3. The van der Waals surface area contributed by atoms with E-state index in [4.69, 9.17) is 20.9 Å². The van der Waals surface area contributed by atoms with Gasteiger partial charge in [0.25, 0.3) is 0 Å². The molecule has 0 aliphatic carbocycles. The van der Waals surface area contributed by atoms with Crippen molar-refractivity contribution in [3.8, 4) is 22.6 Å². The molecule has 1 aromatic carbocycles. The van der Waals surface area contributed by atoms with E-state index in [9.17, 15) is 40.6 Å². The molecule has 0 bridgehead atoms. The Morgan fingerprint density at radius 1 is 1.26 bits per heavy atom. The standard InChI is InChI=1S/C19H13ClF7N3O4/c1-2-33-17(32)13-14(12-9(20)4-3-5-10(12)21)29-34-15(13)8-6-28-30(16(8)19(25,26)27)7-11(31)18(22,23)24/h3-6,11,31H,2,7H2,1H3. The molecule has 0 saturated heterocycles. The molecule has 3 rings (SSSR count). The molecule has 1 N–H and O–H groups in total. The number of alkyl halides is 6. The normalized spacial score (nSPS) is 13.2. The molecule has 0 saturated carbocycles. The molecule has 0 aliphatic heterocycles. The smallest absolute Gasteiger partial charge is 0.433 e. The molecule has 1 atom stereocenters. The maximum atomic E-state index is 14.5. The SMILES string of the molecule is CCOC(=O)c1c(-c2c(F)cccc2Cl)noc1-c1cnn(CC(O)C(F)(F)F)c1C(F)(F)F. The number of hydrogen-bond acceptors (Lipinski definition) is 6. The molecule has 7 nitrogen and oxygen atoms in total. The van der Waals surface area contributed by atoms with Crippen LogP contribution in [0.25, 0.3) is 22.6 Å². The molecule has 0 spiro atoms. The Morgan fingerprint density at radius 3 is 2.50 bits per heavy atom. The van der Waals surface area contributed by atoms with Gasteiger partial charge in [-0.05, 0) is 19.1 Å². The van der Waals surface area contributed by atoms with Crippen molar-refractivity contribution < 1.29 is 49.9 Å². The minimum atomic E-state index is -5.31. The summed E-state index contributed by atoms with van der Waals surface area (Å²) >= 11 is 5.98. The molecule has 0 fully saturated rings. The summed E-state index contributed by atoms with van der Waals surface area (Å²) in [5, 5.41) is 15.7. The van der Waals surface area contributed by atoms with Gasteiger partial charge in [0.05, 0.1) is 35.5 Å². The lowest BCUT2D eigenvalue weighted by Crippen LogP contribution is -2.34. The summed E-state index contributed by atoms with van der Waals surface area (Å²) in [6, 6.07) is 3.40. The van der Waals surface area contributed by atoms with Gasteiger partial charge in [0, 0.05) is 0 Å².